The third-order valence-electron chi connectivity index (χ3n) is 5.43. The number of aromatic nitrogens is 4. The molecule has 0 aliphatic carbocycles. The van der Waals surface area contributed by atoms with E-state index in [1.54, 1.807) is 4.68 Å². The van der Waals surface area contributed by atoms with Gasteiger partial charge in [-0.15, -0.1) is 5.10 Å². The summed E-state index contributed by atoms with van der Waals surface area (Å²) in [4.78, 5) is 16.8. The fourth-order valence-electron chi connectivity index (χ4n) is 3.64. The van der Waals surface area contributed by atoms with E-state index < -0.39 is 0 Å². The molecule has 0 saturated carbocycles. The summed E-state index contributed by atoms with van der Waals surface area (Å²) < 4.78 is 1.63. The number of nitriles is 1. The molecule has 0 fully saturated rings. The van der Waals surface area contributed by atoms with Crippen LogP contribution in [0.3, 0.4) is 0 Å². The second kappa shape index (κ2) is 8.24. The first-order valence-corrected chi connectivity index (χ1v) is 10.6. The quantitative estimate of drug-likeness (QED) is 0.345. The molecular weight excluding hydrogens is 410 g/mol. The van der Waals surface area contributed by atoms with E-state index in [0.29, 0.717) is 11.0 Å². The standard InChI is InChI=1S/C22H21N7OS/c1-14-8-7-11-17(15(14)2)29-22(24-25-26-29)31-13-20(30)16(12-23)21-27(3)18-9-5-6-10-19(18)28(21)4/h5-11H,13H2,1-4H3. The molecule has 0 amide bonds. The predicted octanol–water partition coefficient (Wildman–Crippen LogP) is 3.26. The Morgan fingerprint density at radius 3 is 2.32 bits per heavy atom. The van der Waals surface area contributed by atoms with E-state index in [1.807, 2.05) is 80.2 Å². The molecule has 0 N–H and O–H groups in total. The number of hydrogen-bond donors (Lipinski definition) is 0. The Bertz CT molecular complexity index is 1210. The Kier molecular flexibility index (Phi) is 5.48. The highest BCUT2D eigenvalue weighted by molar-refractivity contribution is 7.99. The highest BCUT2D eigenvalue weighted by Gasteiger charge is 2.31. The molecule has 0 atom stereocenters. The van der Waals surface area contributed by atoms with Crippen LogP contribution in [-0.4, -0.2) is 45.8 Å². The van der Waals surface area contributed by atoms with Gasteiger partial charge in [0.25, 0.3) is 0 Å². The number of tetrazole rings is 1. The molecule has 1 aromatic heterocycles. The number of Topliss-reactive ketones (excluding diaryl/α,β-unsaturated/α-hetero) is 1. The largest absolute Gasteiger partial charge is 0.328 e. The molecule has 31 heavy (non-hydrogen) atoms. The molecule has 4 rings (SSSR count). The number of ketones is 1. The van der Waals surface area contributed by atoms with Crippen LogP contribution < -0.4 is 9.80 Å². The zero-order chi connectivity index (χ0) is 22.1. The van der Waals surface area contributed by atoms with Crippen LogP contribution in [0.1, 0.15) is 11.1 Å². The monoisotopic (exact) mass is 431 g/mol. The van der Waals surface area contributed by atoms with Crippen LogP contribution in [0.4, 0.5) is 11.4 Å². The van der Waals surface area contributed by atoms with Gasteiger partial charge in [0, 0.05) is 14.1 Å². The molecule has 3 aromatic rings. The maximum atomic E-state index is 13.0. The summed E-state index contributed by atoms with van der Waals surface area (Å²) in [5, 5.41) is 22.2. The third kappa shape index (κ3) is 3.55. The number of nitrogens with zero attached hydrogens (tertiary/aromatic N) is 7. The summed E-state index contributed by atoms with van der Waals surface area (Å²) in [7, 11) is 3.72. The molecule has 0 spiro atoms. The van der Waals surface area contributed by atoms with Gasteiger partial charge in [-0.25, -0.2) is 0 Å². The fraction of sp³-hybridized carbons (Fsp3) is 0.227. The van der Waals surface area contributed by atoms with Gasteiger partial charge < -0.3 is 9.80 Å². The van der Waals surface area contributed by atoms with Gasteiger partial charge in [-0.1, -0.05) is 36.0 Å². The summed E-state index contributed by atoms with van der Waals surface area (Å²) in [6, 6.07) is 15.8. The molecule has 156 valence electrons. The number of para-hydroxylation sites is 2. The number of benzene rings is 2. The zero-order valence-corrected chi connectivity index (χ0v) is 18.5. The van der Waals surface area contributed by atoms with Gasteiger partial charge in [0.1, 0.15) is 17.5 Å². The van der Waals surface area contributed by atoms with Crippen LogP contribution >= 0.6 is 11.8 Å². The Labute approximate surface area is 184 Å². The normalized spacial score (nSPS) is 12.7. The molecule has 0 bridgehead atoms. The number of aryl methyl sites for hydroxylation is 1. The molecular formula is C22H21N7OS. The summed E-state index contributed by atoms with van der Waals surface area (Å²) in [6.07, 6.45) is 0. The van der Waals surface area contributed by atoms with Crippen molar-refractivity contribution in [1.82, 2.24) is 20.2 Å². The average Bonchev–Trinajstić information content (AvgIpc) is 3.33. The number of thioether (sulfide) groups is 1. The number of hydrogen-bond acceptors (Lipinski definition) is 8. The number of rotatable bonds is 5. The lowest BCUT2D eigenvalue weighted by Crippen LogP contribution is -2.26. The van der Waals surface area contributed by atoms with Crippen molar-refractivity contribution in [1.29, 1.82) is 5.26 Å². The van der Waals surface area contributed by atoms with Gasteiger partial charge in [-0.2, -0.15) is 9.94 Å². The van der Waals surface area contributed by atoms with Crippen molar-refractivity contribution in [3.8, 4) is 11.8 Å². The van der Waals surface area contributed by atoms with Gasteiger partial charge in [0.15, 0.2) is 5.78 Å². The van der Waals surface area contributed by atoms with Crippen molar-refractivity contribution in [2.45, 2.75) is 19.0 Å². The highest BCUT2D eigenvalue weighted by Crippen LogP contribution is 2.40. The van der Waals surface area contributed by atoms with Crippen LogP contribution in [0.5, 0.6) is 0 Å². The maximum absolute atomic E-state index is 13.0. The van der Waals surface area contributed by atoms with Gasteiger partial charge in [0.05, 0.1) is 22.8 Å². The first-order chi connectivity index (χ1) is 14.9. The predicted molar refractivity (Wildman–Crippen MR) is 120 cm³/mol. The molecule has 1 aliphatic heterocycles. The van der Waals surface area contributed by atoms with Crippen LogP contribution in [0.15, 0.2) is 59.0 Å². The van der Waals surface area contributed by atoms with E-state index in [9.17, 15) is 10.1 Å². The molecule has 0 unspecified atom stereocenters. The van der Waals surface area contributed by atoms with Crippen LogP contribution in [0, 0.1) is 25.2 Å². The van der Waals surface area contributed by atoms with E-state index in [2.05, 4.69) is 21.6 Å². The van der Waals surface area contributed by atoms with Crippen molar-refractivity contribution in [2.75, 3.05) is 29.6 Å². The second-order valence-corrected chi connectivity index (χ2v) is 8.16. The van der Waals surface area contributed by atoms with Crippen molar-refractivity contribution in [3.05, 3.63) is 65.0 Å². The van der Waals surface area contributed by atoms with Crippen LogP contribution in [0.25, 0.3) is 5.69 Å². The first kappa shape index (κ1) is 20.6. The minimum atomic E-state index is -0.274. The van der Waals surface area contributed by atoms with E-state index >= 15 is 0 Å². The van der Waals surface area contributed by atoms with Gasteiger partial charge in [-0.3, -0.25) is 4.79 Å². The molecule has 8 nitrogen and oxygen atoms in total. The molecule has 1 aliphatic rings. The van der Waals surface area contributed by atoms with E-state index in [4.69, 9.17) is 0 Å². The minimum absolute atomic E-state index is 0.0512. The third-order valence-corrected chi connectivity index (χ3v) is 6.35. The van der Waals surface area contributed by atoms with E-state index in [-0.39, 0.29) is 17.1 Å². The van der Waals surface area contributed by atoms with E-state index in [1.165, 1.54) is 11.8 Å². The van der Waals surface area contributed by atoms with Crippen LogP contribution in [0.2, 0.25) is 0 Å². The number of allylic oxidation sites excluding steroid dienone is 1. The number of carbonyl (C=O) groups is 1. The lowest BCUT2D eigenvalue weighted by Gasteiger charge is -2.19. The van der Waals surface area contributed by atoms with Gasteiger partial charge in [0.2, 0.25) is 5.16 Å². The van der Waals surface area contributed by atoms with Crippen molar-refractivity contribution < 1.29 is 4.79 Å². The van der Waals surface area contributed by atoms with Crippen molar-refractivity contribution in [3.63, 3.8) is 0 Å². The molecule has 9 heteroatoms. The highest BCUT2D eigenvalue weighted by atomic mass is 32.2. The molecule has 2 heterocycles. The minimum Gasteiger partial charge on any atom is -0.328 e. The Hall–Kier alpha value is -3.64. The number of carbonyl (C=O) groups excluding carboxylic acids is 1. The Balaban J connectivity index is 1.59. The van der Waals surface area contributed by atoms with Gasteiger partial charge >= 0.3 is 0 Å². The van der Waals surface area contributed by atoms with Crippen molar-refractivity contribution in [2.24, 2.45) is 0 Å². The van der Waals surface area contributed by atoms with Crippen molar-refractivity contribution >= 4 is 28.9 Å². The Morgan fingerprint density at radius 2 is 1.68 bits per heavy atom. The zero-order valence-electron chi connectivity index (χ0n) is 17.7. The lowest BCUT2D eigenvalue weighted by molar-refractivity contribution is -0.112. The lowest BCUT2D eigenvalue weighted by atomic mass is 10.1. The number of fused-ring (bicyclic) bond motifs is 1. The fourth-order valence-corrected chi connectivity index (χ4v) is 4.40. The summed E-state index contributed by atoms with van der Waals surface area (Å²) in [5.74, 6) is 0.350. The Morgan fingerprint density at radius 1 is 1.03 bits per heavy atom. The maximum Gasteiger partial charge on any atom is 0.214 e. The van der Waals surface area contributed by atoms with Crippen LogP contribution in [-0.2, 0) is 4.79 Å². The summed E-state index contributed by atoms with van der Waals surface area (Å²) >= 11 is 1.22. The summed E-state index contributed by atoms with van der Waals surface area (Å²) in [5.41, 5.74) is 5.07. The average molecular weight is 432 g/mol. The number of anilines is 2. The molecule has 0 saturated heterocycles. The SMILES string of the molecule is Cc1cccc(-n2nnnc2SCC(=O)C(C#N)=C2N(C)c3ccccc3N2C)c1C. The summed E-state index contributed by atoms with van der Waals surface area (Å²) in [6.45, 7) is 4.03. The van der Waals surface area contributed by atoms with Gasteiger partial charge in [-0.05, 0) is 53.6 Å². The molecule has 0 radical (unpaired) electrons. The first-order valence-electron chi connectivity index (χ1n) is 9.66. The smallest absolute Gasteiger partial charge is 0.214 e. The molecule has 2 aromatic carbocycles. The van der Waals surface area contributed by atoms with E-state index in [0.717, 1.165) is 28.2 Å². The second-order valence-electron chi connectivity index (χ2n) is 7.22. The topological polar surface area (TPSA) is 90.9 Å².